The number of carbonyl (C=O) groups is 1. The molecule has 0 spiro atoms. The summed E-state index contributed by atoms with van der Waals surface area (Å²) in [5.41, 5.74) is 2.41. The van der Waals surface area contributed by atoms with Gasteiger partial charge in [-0.25, -0.2) is 4.99 Å². The van der Waals surface area contributed by atoms with Gasteiger partial charge in [0.15, 0.2) is 16.7 Å². The van der Waals surface area contributed by atoms with Gasteiger partial charge in [0.05, 0.1) is 22.9 Å². The van der Waals surface area contributed by atoms with E-state index >= 15 is 0 Å². The largest absolute Gasteiger partial charge is 0.490 e. The number of amidine groups is 1. The number of nitrogens with zero attached hydrogens (tertiary/aromatic N) is 2. The van der Waals surface area contributed by atoms with Gasteiger partial charge in [-0.3, -0.25) is 9.69 Å². The average molecular weight is 457 g/mol. The molecule has 0 aromatic heterocycles. The van der Waals surface area contributed by atoms with E-state index in [2.05, 4.69) is 6.58 Å². The van der Waals surface area contributed by atoms with Crippen molar-refractivity contribution in [3.05, 3.63) is 102 Å². The molecule has 0 unspecified atom stereocenters. The van der Waals surface area contributed by atoms with Gasteiger partial charge in [-0.1, -0.05) is 55.1 Å². The highest BCUT2D eigenvalue weighted by atomic mass is 32.2. The number of ether oxygens (including phenoxy) is 2. The van der Waals surface area contributed by atoms with Crippen LogP contribution >= 0.6 is 11.8 Å². The highest BCUT2D eigenvalue weighted by Gasteiger charge is 2.34. The first kappa shape index (κ1) is 22.4. The van der Waals surface area contributed by atoms with Crippen LogP contribution in [-0.2, 0) is 4.79 Å². The molecule has 5 nitrogen and oxygen atoms in total. The van der Waals surface area contributed by atoms with Crippen LogP contribution in [0.4, 0.5) is 11.4 Å². The number of benzene rings is 3. The average Bonchev–Trinajstić information content (AvgIpc) is 3.14. The first-order chi connectivity index (χ1) is 16.2. The maximum Gasteiger partial charge on any atom is 0.271 e. The number of anilines is 1. The first-order valence-corrected chi connectivity index (χ1v) is 11.4. The van der Waals surface area contributed by atoms with Gasteiger partial charge in [-0.2, -0.15) is 0 Å². The second kappa shape index (κ2) is 10.7. The third kappa shape index (κ3) is 5.35. The number of hydrogen-bond donors (Lipinski definition) is 0. The molecular formula is C27H24N2O3S. The van der Waals surface area contributed by atoms with E-state index in [0.29, 0.717) is 34.8 Å². The molecule has 0 saturated carbocycles. The number of amides is 1. The van der Waals surface area contributed by atoms with Crippen molar-refractivity contribution in [1.82, 2.24) is 0 Å². The van der Waals surface area contributed by atoms with E-state index in [0.717, 1.165) is 16.9 Å². The van der Waals surface area contributed by atoms with Crippen LogP contribution in [0.1, 0.15) is 12.5 Å². The topological polar surface area (TPSA) is 51.1 Å². The van der Waals surface area contributed by atoms with Gasteiger partial charge < -0.3 is 9.47 Å². The van der Waals surface area contributed by atoms with Gasteiger partial charge in [0.25, 0.3) is 5.91 Å². The molecule has 166 valence electrons. The Labute approximate surface area is 198 Å². The van der Waals surface area contributed by atoms with Crippen molar-refractivity contribution >= 4 is 40.3 Å². The summed E-state index contributed by atoms with van der Waals surface area (Å²) in [4.78, 5) is 20.4. The van der Waals surface area contributed by atoms with Crippen LogP contribution in [0.2, 0.25) is 0 Å². The predicted octanol–water partition coefficient (Wildman–Crippen LogP) is 6.46. The summed E-state index contributed by atoms with van der Waals surface area (Å²) in [7, 11) is 0. The van der Waals surface area contributed by atoms with E-state index < -0.39 is 0 Å². The Hall–Kier alpha value is -3.77. The molecule has 1 aliphatic rings. The quantitative estimate of drug-likeness (QED) is 0.288. The molecule has 4 rings (SSSR count). The molecule has 1 fully saturated rings. The van der Waals surface area contributed by atoms with Crippen LogP contribution in [0.25, 0.3) is 6.08 Å². The fraction of sp³-hybridized carbons (Fsp3) is 0.111. The van der Waals surface area contributed by atoms with Crippen LogP contribution in [0.15, 0.2) is 101 Å². The van der Waals surface area contributed by atoms with Gasteiger partial charge in [-0.05, 0) is 66.7 Å². The van der Waals surface area contributed by atoms with Crippen molar-refractivity contribution in [1.29, 1.82) is 0 Å². The van der Waals surface area contributed by atoms with Crippen LogP contribution in [0.3, 0.4) is 0 Å². The van der Waals surface area contributed by atoms with E-state index in [9.17, 15) is 4.79 Å². The minimum absolute atomic E-state index is 0.120. The van der Waals surface area contributed by atoms with Gasteiger partial charge in [0.2, 0.25) is 0 Å². The Morgan fingerprint density at radius 3 is 2.39 bits per heavy atom. The van der Waals surface area contributed by atoms with Gasteiger partial charge >= 0.3 is 0 Å². The SMILES string of the molecule is C=CCOc1ccc(/C=C2\SC(=Nc3ccccc3)N(c3ccccc3)C2=O)cc1OCC. The van der Waals surface area contributed by atoms with E-state index in [1.165, 1.54) is 11.8 Å². The summed E-state index contributed by atoms with van der Waals surface area (Å²) in [6, 6.07) is 24.8. The van der Waals surface area contributed by atoms with Crippen molar-refractivity contribution in [2.75, 3.05) is 18.1 Å². The molecule has 0 bridgehead atoms. The van der Waals surface area contributed by atoms with E-state index in [4.69, 9.17) is 14.5 Å². The molecule has 1 amide bonds. The van der Waals surface area contributed by atoms with Crippen molar-refractivity contribution < 1.29 is 14.3 Å². The minimum atomic E-state index is -0.120. The fourth-order valence-corrected chi connectivity index (χ4v) is 4.27. The molecular weight excluding hydrogens is 432 g/mol. The summed E-state index contributed by atoms with van der Waals surface area (Å²) >= 11 is 1.35. The molecule has 0 radical (unpaired) electrons. The third-order valence-electron chi connectivity index (χ3n) is 4.72. The lowest BCUT2D eigenvalue weighted by Crippen LogP contribution is -2.28. The molecule has 0 atom stereocenters. The van der Waals surface area contributed by atoms with Crippen LogP contribution < -0.4 is 14.4 Å². The summed E-state index contributed by atoms with van der Waals surface area (Å²) in [5.74, 6) is 1.15. The Morgan fingerprint density at radius 2 is 1.70 bits per heavy atom. The van der Waals surface area contributed by atoms with Crippen molar-refractivity contribution in [3.63, 3.8) is 0 Å². The molecule has 1 heterocycles. The van der Waals surface area contributed by atoms with Crippen LogP contribution in [0, 0.1) is 0 Å². The standard InChI is InChI=1S/C27H24N2O3S/c1-3-17-32-23-16-15-20(18-24(23)31-4-2)19-25-26(30)29(22-13-9-6-10-14-22)27(33-25)28-21-11-7-5-8-12-21/h3,5-16,18-19H,1,4,17H2,2H3/b25-19-,28-27?. The number of carbonyl (C=O) groups excluding carboxylic acids is 1. The number of aliphatic imine (C=N–C) groups is 1. The number of thioether (sulfide) groups is 1. The fourth-order valence-electron chi connectivity index (χ4n) is 3.27. The zero-order valence-corrected chi connectivity index (χ0v) is 19.1. The Morgan fingerprint density at radius 1 is 0.970 bits per heavy atom. The highest BCUT2D eigenvalue weighted by molar-refractivity contribution is 8.19. The molecule has 33 heavy (non-hydrogen) atoms. The second-order valence-electron chi connectivity index (χ2n) is 7.06. The molecule has 1 saturated heterocycles. The number of para-hydroxylation sites is 2. The normalized spacial score (nSPS) is 15.8. The number of hydrogen-bond acceptors (Lipinski definition) is 5. The summed E-state index contributed by atoms with van der Waals surface area (Å²) in [6.07, 6.45) is 3.54. The summed E-state index contributed by atoms with van der Waals surface area (Å²) in [6.45, 7) is 6.50. The van der Waals surface area contributed by atoms with Crippen molar-refractivity contribution in [2.45, 2.75) is 6.92 Å². The maximum absolute atomic E-state index is 13.4. The summed E-state index contributed by atoms with van der Waals surface area (Å²) < 4.78 is 11.4. The molecule has 1 aliphatic heterocycles. The van der Waals surface area contributed by atoms with E-state index in [1.54, 1.807) is 11.0 Å². The van der Waals surface area contributed by atoms with Crippen molar-refractivity contribution in [3.8, 4) is 11.5 Å². The smallest absolute Gasteiger partial charge is 0.271 e. The Bertz CT molecular complexity index is 1190. The monoisotopic (exact) mass is 456 g/mol. The van der Waals surface area contributed by atoms with Gasteiger partial charge in [0.1, 0.15) is 6.61 Å². The Balaban J connectivity index is 1.71. The molecule has 0 N–H and O–H groups in total. The van der Waals surface area contributed by atoms with Crippen molar-refractivity contribution in [2.24, 2.45) is 4.99 Å². The Kier molecular flexibility index (Phi) is 7.27. The molecule has 6 heteroatoms. The highest BCUT2D eigenvalue weighted by Crippen LogP contribution is 2.38. The zero-order valence-electron chi connectivity index (χ0n) is 18.3. The lowest BCUT2D eigenvalue weighted by atomic mass is 10.1. The van der Waals surface area contributed by atoms with E-state index in [1.807, 2.05) is 91.9 Å². The maximum atomic E-state index is 13.4. The first-order valence-electron chi connectivity index (χ1n) is 10.6. The van der Waals surface area contributed by atoms with Gasteiger partial charge in [0, 0.05) is 0 Å². The lowest BCUT2D eigenvalue weighted by molar-refractivity contribution is -0.113. The molecule has 0 aliphatic carbocycles. The second-order valence-corrected chi connectivity index (χ2v) is 8.06. The minimum Gasteiger partial charge on any atom is -0.490 e. The number of rotatable bonds is 8. The zero-order chi connectivity index (χ0) is 23.0. The molecule has 3 aromatic carbocycles. The molecule has 3 aromatic rings. The van der Waals surface area contributed by atoms with Gasteiger partial charge in [-0.15, -0.1) is 0 Å². The third-order valence-corrected chi connectivity index (χ3v) is 5.69. The van der Waals surface area contributed by atoms with Crippen LogP contribution in [-0.4, -0.2) is 24.3 Å². The summed E-state index contributed by atoms with van der Waals surface area (Å²) in [5, 5.41) is 0.611. The van der Waals surface area contributed by atoms with Crippen LogP contribution in [0.5, 0.6) is 11.5 Å². The van der Waals surface area contributed by atoms with E-state index in [-0.39, 0.29) is 5.91 Å². The lowest BCUT2D eigenvalue weighted by Gasteiger charge is -2.15. The predicted molar refractivity (Wildman–Crippen MR) is 136 cm³/mol.